The number of likely N-dealkylation sites (N-methyl/N-ethyl adjacent to an activating group) is 1. The van der Waals surface area contributed by atoms with Crippen LogP contribution >= 0.6 is 0 Å². The van der Waals surface area contributed by atoms with Crippen LogP contribution in [0.25, 0.3) is 0 Å². The molecule has 1 atom stereocenters. The first-order valence-corrected chi connectivity index (χ1v) is 11.0. The number of nitrogens with zero attached hydrogens (tertiary/aromatic N) is 2. The second-order valence-corrected chi connectivity index (χ2v) is 9.16. The molecule has 1 aromatic rings. The fourth-order valence-corrected chi connectivity index (χ4v) is 5.30. The van der Waals surface area contributed by atoms with Crippen molar-refractivity contribution >= 4 is 15.9 Å². The number of hydrogen-bond donors (Lipinski definition) is 1. The quantitative estimate of drug-likeness (QED) is 0.870. The van der Waals surface area contributed by atoms with Gasteiger partial charge in [0.05, 0.1) is 4.90 Å². The van der Waals surface area contributed by atoms with Gasteiger partial charge in [-0.05, 0) is 57.0 Å². The Kier molecular flexibility index (Phi) is 6.32. The molecular weight excluding hydrogens is 350 g/mol. The van der Waals surface area contributed by atoms with Crippen molar-refractivity contribution in [2.24, 2.45) is 0 Å². The molecule has 26 heavy (non-hydrogen) atoms. The number of sulfonamides is 1. The molecule has 6 nitrogen and oxygen atoms in total. The largest absolute Gasteiger partial charge is 0.337 e. The highest BCUT2D eigenvalue weighted by Gasteiger charge is 2.27. The van der Waals surface area contributed by atoms with Gasteiger partial charge in [0.2, 0.25) is 10.0 Å². The third-order valence-electron chi connectivity index (χ3n) is 5.42. The predicted octanol–water partition coefficient (Wildman–Crippen LogP) is 2.08. The first kappa shape index (κ1) is 19.3. The maximum atomic E-state index is 12.8. The van der Waals surface area contributed by atoms with E-state index >= 15 is 0 Å². The Morgan fingerprint density at radius 3 is 2.27 bits per heavy atom. The van der Waals surface area contributed by atoms with Crippen molar-refractivity contribution in [2.75, 3.05) is 33.2 Å². The maximum absolute atomic E-state index is 12.8. The van der Waals surface area contributed by atoms with Gasteiger partial charge < -0.3 is 10.2 Å². The fourth-order valence-electron chi connectivity index (χ4n) is 3.78. The van der Waals surface area contributed by atoms with Crippen molar-refractivity contribution in [2.45, 2.75) is 49.5 Å². The van der Waals surface area contributed by atoms with Crippen molar-refractivity contribution < 1.29 is 13.2 Å². The summed E-state index contributed by atoms with van der Waals surface area (Å²) in [4.78, 5) is 14.8. The summed E-state index contributed by atoms with van der Waals surface area (Å²) >= 11 is 0. The van der Waals surface area contributed by atoms with E-state index in [1.807, 2.05) is 11.9 Å². The lowest BCUT2D eigenvalue weighted by Gasteiger charge is -2.32. The van der Waals surface area contributed by atoms with Crippen LogP contribution in [-0.4, -0.2) is 62.8 Å². The number of likely N-dealkylation sites (tertiary alicyclic amines) is 1. The highest BCUT2D eigenvalue weighted by atomic mass is 32.2. The topological polar surface area (TPSA) is 69.7 Å². The van der Waals surface area contributed by atoms with Crippen LogP contribution in [0.5, 0.6) is 0 Å². The van der Waals surface area contributed by atoms with Crippen LogP contribution in [0.2, 0.25) is 0 Å². The molecule has 2 saturated heterocycles. The van der Waals surface area contributed by atoms with Crippen molar-refractivity contribution in [3.63, 3.8) is 0 Å². The Labute approximate surface area is 156 Å². The van der Waals surface area contributed by atoms with Gasteiger partial charge in [0.15, 0.2) is 0 Å². The normalized spacial score (nSPS) is 22.8. The van der Waals surface area contributed by atoms with Crippen molar-refractivity contribution in [1.29, 1.82) is 0 Å². The van der Waals surface area contributed by atoms with Gasteiger partial charge in [-0.2, -0.15) is 4.31 Å². The lowest BCUT2D eigenvalue weighted by atomic mass is 10.0. The van der Waals surface area contributed by atoms with Crippen molar-refractivity contribution in [3.05, 3.63) is 29.8 Å². The Morgan fingerprint density at radius 1 is 1.00 bits per heavy atom. The summed E-state index contributed by atoms with van der Waals surface area (Å²) in [7, 11) is -1.55. The molecule has 2 fully saturated rings. The lowest BCUT2D eigenvalue weighted by Crippen LogP contribution is -2.46. The summed E-state index contributed by atoms with van der Waals surface area (Å²) in [6, 6.07) is 6.78. The number of carbonyl (C=O) groups excluding carboxylic acids is 1. The van der Waals surface area contributed by atoms with Crippen LogP contribution in [0, 0.1) is 0 Å². The zero-order valence-electron chi connectivity index (χ0n) is 15.5. The van der Waals surface area contributed by atoms with Gasteiger partial charge in [-0.1, -0.05) is 12.8 Å². The Morgan fingerprint density at radius 2 is 1.65 bits per heavy atom. The van der Waals surface area contributed by atoms with Crippen molar-refractivity contribution in [3.8, 4) is 0 Å². The third-order valence-corrected chi connectivity index (χ3v) is 7.33. The highest BCUT2D eigenvalue weighted by Crippen LogP contribution is 2.21. The average molecular weight is 380 g/mol. The van der Waals surface area contributed by atoms with E-state index < -0.39 is 10.0 Å². The summed E-state index contributed by atoms with van der Waals surface area (Å²) in [5, 5.41) is 3.23. The van der Waals surface area contributed by atoms with E-state index in [-0.39, 0.29) is 10.8 Å². The zero-order chi connectivity index (χ0) is 18.6. The SMILES string of the molecule is CNC1CCCN(C(=O)c2ccc(S(=O)(=O)N3CCCCCC3)cc2)C1. The van der Waals surface area contributed by atoms with E-state index in [4.69, 9.17) is 0 Å². The van der Waals surface area contributed by atoms with E-state index in [1.165, 1.54) is 0 Å². The molecule has 1 unspecified atom stereocenters. The van der Waals surface area contributed by atoms with E-state index in [0.717, 1.165) is 45.1 Å². The average Bonchev–Trinajstić information content (AvgIpc) is 2.97. The monoisotopic (exact) mass is 379 g/mol. The standard InChI is InChI=1S/C19H29N3O3S/c1-20-17-7-6-12-21(15-17)19(23)16-8-10-18(11-9-16)26(24,25)22-13-4-2-3-5-14-22/h8-11,17,20H,2-7,12-15H2,1H3. The summed E-state index contributed by atoms with van der Waals surface area (Å²) in [6.45, 7) is 2.62. The number of hydrogen-bond acceptors (Lipinski definition) is 4. The zero-order valence-corrected chi connectivity index (χ0v) is 16.3. The number of nitrogens with one attached hydrogen (secondary N) is 1. The number of piperidine rings is 1. The molecule has 144 valence electrons. The number of carbonyl (C=O) groups is 1. The molecule has 0 aliphatic carbocycles. The predicted molar refractivity (Wildman–Crippen MR) is 102 cm³/mol. The van der Waals surface area contributed by atoms with Gasteiger partial charge in [-0.15, -0.1) is 0 Å². The Hall–Kier alpha value is -1.44. The molecule has 0 spiro atoms. The molecule has 2 heterocycles. The molecule has 1 N–H and O–H groups in total. The fraction of sp³-hybridized carbons (Fsp3) is 0.632. The molecule has 2 aliphatic heterocycles. The number of amides is 1. The lowest BCUT2D eigenvalue weighted by molar-refractivity contribution is 0.0698. The Bertz CT molecular complexity index is 710. The van der Waals surface area contributed by atoms with Crippen LogP contribution in [-0.2, 0) is 10.0 Å². The van der Waals surface area contributed by atoms with E-state index in [2.05, 4.69) is 5.32 Å². The minimum absolute atomic E-state index is 0.0244. The number of benzene rings is 1. The van der Waals surface area contributed by atoms with Crippen LogP contribution < -0.4 is 5.32 Å². The minimum atomic E-state index is -3.47. The van der Waals surface area contributed by atoms with Crippen LogP contribution in [0.1, 0.15) is 48.9 Å². The summed E-state index contributed by atoms with van der Waals surface area (Å²) in [5.41, 5.74) is 0.552. The van der Waals surface area contributed by atoms with E-state index in [0.29, 0.717) is 31.2 Å². The molecule has 0 saturated carbocycles. The van der Waals surface area contributed by atoms with Gasteiger partial charge in [-0.25, -0.2) is 8.42 Å². The summed E-state index contributed by atoms with van der Waals surface area (Å²) in [5.74, 6) is -0.0244. The second-order valence-electron chi connectivity index (χ2n) is 7.22. The van der Waals surface area contributed by atoms with Crippen molar-refractivity contribution in [1.82, 2.24) is 14.5 Å². The van der Waals surface area contributed by atoms with Gasteiger partial charge in [0.25, 0.3) is 5.91 Å². The molecule has 2 aliphatic rings. The van der Waals surface area contributed by atoms with E-state index in [1.54, 1.807) is 28.6 Å². The highest BCUT2D eigenvalue weighted by molar-refractivity contribution is 7.89. The molecule has 0 aromatic heterocycles. The van der Waals surface area contributed by atoms with Gasteiger partial charge in [0.1, 0.15) is 0 Å². The molecule has 1 aromatic carbocycles. The molecule has 1 amide bonds. The maximum Gasteiger partial charge on any atom is 0.253 e. The Balaban J connectivity index is 1.72. The molecule has 0 bridgehead atoms. The third kappa shape index (κ3) is 4.27. The molecular formula is C19H29N3O3S. The molecule has 3 rings (SSSR count). The first-order valence-electron chi connectivity index (χ1n) is 9.59. The van der Waals surface area contributed by atoms with Crippen LogP contribution in [0.15, 0.2) is 29.2 Å². The van der Waals surface area contributed by atoms with Crippen LogP contribution in [0.4, 0.5) is 0 Å². The van der Waals surface area contributed by atoms with Crippen LogP contribution in [0.3, 0.4) is 0 Å². The summed E-state index contributed by atoms with van der Waals surface area (Å²) in [6.07, 6.45) is 6.06. The van der Waals surface area contributed by atoms with Gasteiger partial charge in [-0.3, -0.25) is 4.79 Å². The number of rotatable bonds is 4. The summed E-state index contributed by atoms with van der Waals surface area (Å²) < 4.78 is 27.2. The van der Waals surface area contributed by atoms with Gasteiger partial charge >= 0.3 is 0 Å². The minimum Gasteiger partial charge on any atom is -0.337 e. The smallest absolute Gasteiger partial charge is 0.253 e. The second kappa shape index (κ2) is 8.50. The van der Waals surface area contributed by atoms with Gasteiger partial charge in [0, 0.05) is 37.8 Å². The molecule has 7 heteroatoms. The molecule has 0 radical (unpaired) electrons. The van der Waals surface area contributed by atoms with E-state index in [9.17, 15) is 13.2 Å². The first-order chi connectivity index (χ1) is 12.5.